The quantitative estimate of drug-likeness (QED) is 0.909. The highest BCUT2D eigenvalue weighted by molar-refractivity contribution is 7.14. The predicted octanol–water partition coefficient (Wildman–Crippen LogP) is 3.10. The summed E-state index contributed by atoms with van der Waals surface area (Å²) in [5.74, 6) is -0.313. The van der Waals surface area contributed by atoms with Crippen molar-refractivity contribution in [2.24, 2.45) is 0 Å². The van der Waals surface area contributed by atoms with Crippen LogP contribution in [0.1, 0.15) is 29.1 Å². The van der Waals surface area contributed by atoms with Gasteiger partial charge in [-0.1, -0.05) is 23.7 Å². The number of aromatic nitrogens is 1. The maximum Gasteiger partial charge on any atom is 0.258 e. The van der Waals surface area contributed by atoms with E-state index in [1.54, 1.807) is 36.6 Å². The minimum absolute atomic E-state index is 0.313. The van der Waals surface area contributed by atoms with Gasteiger partial charge in [0.1, 0.15) is 0 Å². The Labute approximate surface area is 113 Å². The molecule has 1 aromatic carbocycles. The van der Waals surface area contributed by atoms with Crippen LogP contribution in [0.15, 0.2) is 29.6 Å². The van der Waals surface area contributed by atoms with E-state index in [1.165, 1.54) is 11.3 Å². The second-order valence-electron chi connectivity index (χ2n) is 3.69. The molecule has 94 valence electrons. The van der Waals surface area contributed by atoms with E-state index < -0.39 is 6.10 Å². The first-order chi connectivity index (χ1) is 8.58. The summed E-state index contributed by atoms with van der Waals surface area (Å²) in [6.07, 6.45) is -0.646. The Morgan fingerprint density at radius 1 is 1.50 bits per heavy atom. The molecule has 0 radical (unpaired) electrons. The second kappa shape index (κ2) is 5.48. The molecule has 0 aliphatic rings. The molecule has 2 N–H and O–H groups in total. The van der Waals surface area contributed by atoms with Crippen LogP contribution in [-0.2, 0) is 0 Å². The molecule has 0 spiro atoms. The summed E-state index contributed by atoms with van der Waals surface area (Å²) < 4.78 is 0. The number of nitrogens with one attached hydrogen (secondary N) is 1. The molecule has 1 atom stereocenters. The number of nitrogens with zero attached hydrogens (tertiary/aromatic N) is 1. The Bertz CT molecular complexity index is 569. The minimum atomic E-state index is -0.646. The Morgan fingerprint density at radius 2 is 2.22 bits per heavy atom. The van der Waals surface area contributed by atoms with Crippen LogP contribution in [0, 0.1) is 0 Å². The summed E-state index contributed by atoms with van der Waals surface area (Å²) in [6.45, 7) is 1.62. The van der Waals surface area contributed by atoms with Crippen molar-refractivity contribution in [2.45, 2.75) is 13.0 Å². The van der Waals surface area contributed by atoms with E-state index in [0.717, 1.165) is 0 Å². The van der Waals surface area contributed by atoms with Crippen molar-refractivity contribution in [1.82, 2.24) is 4.98 Å². The van der Waals surface area contributed by atoms with Gasteiger partial charge in [0.2, 0.25) is 0 Å². The van der Waals surface area contributed by atoms with Crippen LogP contribution in [0.2, 0.25) is 5.02 Å². The average molecular weight is 283 g/mol. The number of carbonyl (C=O) groups is 1. The normalized spacial score (nSPS) is 12.2. The largest absolute Gasteiger partial charge is 0.387 e. The summed E-state index contributed by atoms with van der Waals surface area (Å²) in [7, 11) is 0. The number of hydrogen-bond donors (Lipinski definition) is 2. The van der Waals surface area contributed by atoms with E-state index in [-0.39, 0.29) is 5.91 Å². The lowest BCUT2D eigenvalue weighted by Gasteiger charge is -2.03. The highest BCUT2D eigenvalue weighted by Gasteiger charge is 2.13. The van der Waals surface area contributed by atoms with Gasteiger partial charge in [0.25, 0.3) is 5.91 Å². The number of halogens is 1. The fourth-order valence-corrected chi connectivity index (χ4v) is 2.36. The summed E-state index contributed by atoms with van der Waals surface area (Å²) in [5, 5.41) is 14.5. The molecule has 1 unspecified atom stereocenters. The molecule has 1 heterocycles. The molecule has 6 heteroatoms. The fraction of sp³-hybridized carbons (Fsp3) is 0.167. The lowest BCUT2D eigenvalue weighted by atomic mass is 10.2. The lowest BCUT2D eigenvalue weighted by Crippen LogP contribution is -2.12. The molecule has 18 heavy (non-hydrogen) atoms. The molecule has 0 bridgehead atoms. The Hall–Kier alpha value is -1.43. The van der Waals surface area contributed by atoms with E-state index in [0.29, 0.717) is 21.4 Å². The molecule has 0 saturated carbocycles. The first-order valence-corrected chi connectivity index (χ1v) is 6.53. The molecule has 0 fully saturated rings. The third-order valence-electron chi connectivity index (χ3n) is 2.29. The van der Waals surface area contributed by atoms with Crippen molar-refractivity contribution in [1.29, 1.82) is 0 Å². The summed E-state index contributed by atoms with van der Waals surface area (Å²) in [5.41, 5.74) is 0.933. The fourth-order valence-electron chi connectivity index (χ4n) is 1.35. The zero-order valence-corrected chi connectivity index (χ0v) is 11.1. The second-order valence-corrected chi connectivity index (χ2v) is 4.95. The first-order valence-electron chi connectivity index (χ1n) is 5.27. The first kappa shape index (κ1) is 13.0. The zero-order valence-electron chi connectivity index (χ0n) is 9.55. The van der Waals surface area contributed by atoms with Gasteiger partial charge >= 0.3 is 0 Å². The van der Waals surface area contributed by atoms with Crippen LogP contribution in [-0.4, -0.2) is 16.0 Å². The standard InChI is InChI=1S/C12H11ClN2O2S/c1-7(16)10-6-18-12(14-10)15-11(17)8-4-2-3-5-9(8)13/h2-7,16H,1H3,(H,14,15,17). The number of benzene rings is 1. The molecule has 2 aromatic rings. The Balaban J connectivity index is 2.14. The number of aliphatic hydroxyl groups is 1. The third kappa shape index (κ3) is 2.87. The average Bonchev–Trinajstić information content (AvgIpc) is 2.78. The molecule has 0 saturated heterocycles. The number of amides is 1. The monoisotopic (exact) mass is 282 g/mol. The van der Waals surface area contributed by atoms with Crippen molar-refractivity contribution < 1.29 is 9.90 Å². The number of carbonyl (C=O) groups excluding carboxylic acids is 1. The number of thiazole rings is 1. The van der Waals surface area contributed by atoms with Crippen molar-refractivity contribution in [3.8, 4) is 0 Å². The van der Waals surface area contributed by atoms with E-state index in [9.17, 15) is 9.90 Å². The van der Waals surface area contributed by atoms with Crippen LogP contribution in [0.25, 0.3) is 0 Å². The van der Waals surface area contributed by atoms with Gasteiger partial charge in [-0.05, 0) is 19.1 Å². The highest BCUT2D eigenvalue weighted by atomic mass is 35.5. The lowest BCUT2D eigenvalue weighted by molar-refractivity contribution is 0.102. The molecule has 2 rings (SSSR count). The van der Waals surface area contributed by atoms with Crippen LogP contribution in [0.5, 0.6) is 0 Å². The van der Waals surface area contributed by atoms with Crippen molar-refractivity contribution >= 4 is 34.0 Å². The number of aliphatic hydroxyl groups excluding tert-OH is 1. The van der Waals surface area contributed by atoms with Crippen molar-refractivity contribution in [3.05, 3.63) is 45.9 Å². The topological polar surface area (TPSA) is 62.2 Å². The summed E-state index contributed by atoms with van der Waals surface area (Å²) >= 11 is 7.18. The van der Waals surface area contributed by atoms with E-state index in [1.807, 2.05) is 0 Å². The van der Waals surface area contributed by atoms with Gasteiger partial charge in [0.15, 0.2) is 5.13 Å². The molecule has 0 aliphatic carbocycles. The molecular weight excluding hydrogens is 272 g/mol. The van der Waals surface area contributed by atoms with Gasteiger partial charge in [-0.25, -0.2) is 4.98 Å². The van der Waals surface area contributed by atoms with Crippen LogP contribution >= 0.6 is 22.9 Å². The van der Waals surface area contributed by atoms with Crippen LogP contribution in [0.3, 0.4) is 0 Å². The summed E-state index contributed by atoms with van der Waals surface area (Å²) in [4.78, 5) is 16.0. The Morgan fingerprint density at radius 3 is 2.83 bits per heavy atom. The maximum absolute atomic E-state index is 11.9. The van der Waals surface area contributed by atoms with E-state index >= 15 is 0 Å². The molecule has 1 aromatic heterocycles. The summed E-state index contributed by atoms with van der Waals surface area (Å²) in [6, 6.07) is 6.79. The molecule has 1 amide bonds. The minimum Gasteiger partial charge on any atom is -0.387 e. The van der Waals surface area contributed by atoms with E-state index in [4.69, 9.17) is 11.6 Å². The third-order valence-corrected chi connectivity index (χ3v) is 3.39. The smallest absolute Gasteiger partial charge is 0.258 e. The molecular formula is C12H11ClN2O2S. The molecule has 0 aliphatic heterocycles. The number of anilines is 1. The van der Waals surface area contributed by atoms with Gasteiger partial charge in [-0.2, -0.15) is 0 Å². The van der Waals surface area contributed by atoms with Gasteiger partial charge in [0.05, 0.1) is 22.4 Å². The van der Waals surface area contributed by atoms with Crippen molar-refractivity contribution in [3.63, 3.8) is 0 Å². The van der Waals surface area contributed by atoms with Crippen LogP contribution < -0.4 is 5.32 Å². The zero-order chi connectivity index (χ0) is 13.1. The van der Waals surface area contributed by atoms with Crippen LogP contribution in [0.4, 0.5) is 5.13 Å². The SMILES string of the molecule is CC(O)c1csc(NC(=O)c2ccccc2Cl)n1. The van der Waals surface area contributed by atoms with Gasteiger partial charge in [0, 0.05) is 5.38 Å². The maximum atomic E-state index is 11.9. The van der Waals surface area contributed by atoms with E-state index in [2.05, 4.69) is 10.3 Å². The Kier molecular flexibility index (Phi) is 3.96. The number of rotatable bonds is 3. The van der Waals surface area contributed by atoms with Gasteiger partial charge in [-0.3, -0.25) is 10.1 Å². The predicted molar refractivity (Wildman–Crippen MR) is 72.2 cm³/mol. The number of hydrogen-bond acceptors (Lipinski definition) is 4. The van der Waals surface area contributed by atoms with Gasteiger partial charge in [-0.15, -0.1) is 11.3 Å². The molecule has 4 nitrogen and oxygen atoms in total. The van der Waals surface area contributed by atoms with Gasteiger partial charge < -0.3 is 5.11 Å². The van der Waals surface area contributed by atoms with Crippen molar-refractivity contribution in [2.75, 3.05) is 5.32 Å². The highest BCUT2D eigenvalue weighted by Crippen LogP contribution is 2.22.